The molecule has 2 nitrogen and oxygen atoms in total. The molecule has 0 aromatic carbocycles. The third-order valence-electron chi connectivity index (χ3n) is 3.84. The molecule has 0 radical (unpaired) electrons. The highest BCUT2D eigenvalue weighted by molar-refractivity contribution is 9.11. The Kier molecular flexibility index (Phi) is 4.47. The van der Waals surface area contributed by atoms with Crippen molar-refractivity contribution in [2.24, 2.45) is 11.8 Å². The number of anilines is 1. The number of aromatic nitrogens is 1. The van der Waals surface area contributed by atoms with Gasteiger partial charge in [-0.1, -0.05) is 26.7 Å². The molecular weight excluding hydrogens is 344 g/mol. The molecule has 1 aliphatic rings. The first-order valence-electron chi connectivity index (χ1n) is 6.15. The van der Waals surface area contributed by atoms with Gasteiger partial charge >= 0.3 is 0 Å². The Bertz CT molecular complexity index is 395. The summed E-state index contributed by atoms with van der Waals surface area (Å²) in [7, 11) is 0. The van der Waals surface area contributed by atoms with Crippen molar-refractivity contribution in [3.63, 3.8) is 0 Å². The third kappa shape index (κ3) is 3.22. The summed E-state index contributed by atoms with van der Waals surface area (Å²) in [4.78, 5) is 4.43. The molecule has 1 saturated carbocycles. The first-order chi connectivity index (χ1) is 8.08. The highest BCUT2D eigenvalue weighted by Gasteiger charge is 2.27. The quantitative estimate of drug-likeness (QED) is 0.814. The number of pyridine rings is 1. The normalized spacial score (nSPS) is 29.1. The Morgan fingerprint density at radius 1 is 1.29 bits per heavy atom. The van der Waals surface area contributed by atoms with E-state index >= 15 is 0 Å². The lowest BCUT2D eigenvalue weighted by Crippen LogP contribution is -2.35. The van der Waals surface area contributed by atoms with Crippen molar-refractivity contribution in [1.29, 1.82) is 0 Å². The zero-order chi connectivity index (χ0) is 12.4. The lowest BCUT2D eigenvalue weighted by molar-refractivity contribution is 0.253. The van der Waals surface area contributed by atoms with Crippen LogP contribution in [0.3, 0.4) is 0 Å². The number of rotatable bonds is 2. The monoisotopic (exact) mass is 360 g/mol. The number of halogens is 2. The lowest BCUT2D eigenvalue weighted by atomic mass is 9.78. The first-order valence-corrected chi connectivity index (χ1v) is 7.74. The molecule has 0 aliphatic heterocycles. The summed E-state index contributed by atoms with van der Waals surface area (Å²) in [6.45, 7) is 4.69. The van der Waals surface area contributed by atoms with Crippen LogP contribution in [0, 0.1) is 11.8 Å². The molecule has 1 N–H and O–H groups in total. The summed E-state index contributed by atoms with van der Waals surface area (Å²) in [6.07, 6.45) is 5.76. The van der Waals surface area contributed by atoms with E-state index < -0.39 is 0 Å². The molecule has 4 heteroatoms. The van der Waals surface area contributed by atoms with Crippen molar-refractivity contribution in [2.75, 3.05) is 5.32 Å². The van der Waals surface area contributed by atoms with Crippen LogP contribution in [-0.2, 0) is 0 Å². The van der Waals surface area contributed by atoms with Gasteiger partial charge in [-0.3, -0.25) is 0 Å². The second kappa shape index (κ2) is 5.70. The minimum absolute atomic E-state index is 0.545. The topological polar surface area (TPSA) is 24.9 Å². The maximum absolute atomic E-state index is 4.43. The van der Waals surface area contributed by atoms with E-state index in [0.29, 0.717) is 12.0 Å². The van der Waals surface area contributed by atoms with Crippen LogP contribution in [-0.4, -0.2) is 11.0 Å². The van der Waals surface area contributed by atoms with E-state index in [0.717, 1.165) is 20.7 Å². The number of nitrogens with zero attached hydrogens (tertiary/aromatic N) is 1. The molecule has 1 heterocycles. The van der Waals surface area contributed by atoms with Gasteiger partial charge in [-0.25, -0.2) is 4.98 Å². The molecule has 1 aromatic rings. The molecule has 0 bridgehead atoms. The van der Waals surface area contributed by atoms with Gasteiger partial charge in [-0.15, -0.1) is 0 Å². The maximum Gasteiger partial charge on any atom is 0.140 e. The molecule has 0 spiro atoms. The van der Waals surface area contributed by atoms with Crippen molar-refractivity contribution in [2.45, 2.75) is 39.2 Å². The fourth-order valence-electron chi connectivity index (χ4n) is 2.48. The maximum atomic E-state index is 4.43. The molecule has 3 atom stereocenters. The standard InChI is InChI=1S/C13H18Br2N2/c1-8-4-3-5-12(9(8)2)17-13-11(15)6-10(14)7-16-13/h6-9,12H,3-5H2,1-2H3,(H,16,17). The van der Waals surface area contributed by atoms with Gasteiger partial charge in [0.25, 0.3) is 0 Å². The Labute approximate surface area is 120 Å². The summed E-state index contributed by atoms with van der Waals surface area (Å²) in [5, 5.41) is 3.58. The van der Waals surface area contributed by atoms with Crippen LogP contribution in [0.1, 0.15) is 33.1 Å². The molecule has 17 heavy (non-hydrogen) atoms. The lowest BCUT2D eigenvalue weighted by Gasteiger charge is -2.35. The summed E-state index contributed by atoms with van der Waals surface area (Å²) in [5.74, 6) is 2.47. The summed E-state index contributed by atoms with van der Waals surface area (Å²) in [6, 6.07) is 2.58. The van der Waals surface area contributed by atoms with E-state index in [1.165, 1.54) is 19.3 Å². The van der Waals surface area contributed by atoms with Crippen molar-refractivity contribution in [1.82, 2.24) is 4.98 Å². The average Bonchev–Trinajstić information content (AvgIpc) is 2.28. The van der Waals surface area contributed by atoms with Crippen LogP contribution in [0.4, 0.5) is 5.82 Å². The zero-order valence-electron chi connectivity index (χ0n) is 10.2. The number of nitrogens with one attached hydrogen (secondary N) is 1. The van der Waals surface area contributed by atoms with E-state index in [9.17, 15) is 0 Å². The Hall–Kier alpha value is -0.0900. The van der Waals surface area contributed by atoms with Gasteiger partial charge in [-0.2, -0.15) is 0 Å². The van der Waals surface area contributed by atoms with Gasteiger partial charge in [-0.05, 0) is 56.2 Å². The highest BCUT2D eigenvalue weighted by Crippen LogP contribution is 2.33. The molecule has 94 valence electrons. The molecule has 0 amide bonds. The van der Waals surface area contributed by atoms with Gasteiger partial charge in [0, 0.05) is 16.7 Å². The molecule has 1 aliphatic carbocycles. The summed E-state index contributed by atoms with van der Waals surface area (Å²) in [5.41, 5.74) is 0. The van der Waals surface area contributed by atoms with Crippen LogP contribution in [0.25, 0.3) is 0 Å². The van der Waals surface area contributed by atoms with E-state index in [2.05, 4.69) is 56.0 Å². The van der Waals surface area contributed by atoms with Crippen LogP contribution in [0.15, 0.2) is 21.2 Å². The number of hydrogen-bond donors (Lipinski definition) is 1. The fraction of sp³-hybridized carbons (Fsp3) is 0.615. The predicted molar refractivity (Wildman–Crippen MR) is 79.2 cm³/mol. The molecular formula is C13H18Br2N2. The Morgan fingerprint density at radius 3 is 2.76 bits per heavy atom. The largest absolute Gasteiger partial charge is 0.366 e. The van der Waals surface area contributed by atoms with Crippen LogP contribution in [0.5, 0.6) is 0 Å². The summed E-state index contributed by atoms with van der Waals surface area (Å²) >= 11 is 6.98. The van der Waals surface area contributed by atoms with Gasteiger partial charge < -0.3 is 5.32 Å². The summed E-state index contributed by atoms with van der Waals surface area (Å²) < 4.78 is 2.03. The van der Waals surface area contributed by atoms with Crippen molar-refractivity contribution >= 4 is 37.7 Å². The van der Waals surface area contributed by atoms with Crippen LogP contribution < -0.4 is 5.32 Å². The Balaban J connectivity index is 2.09. The average molecular weight is 362 g/mol. The van der Waals surface area contributed by atoms with Crippen LogP contribution in [0.2, 0.25) is 0 Å². The minimum Gasteiger partial charge on any atom is -0.366 e. The van der Waals surface area contributed by atoms with E-state index in [1.54, 1.807) is 0 Å². The van der Waals surface area contributed by atoms with E-state index in [1.807, 2.05) is 12.3 Å². The fourth-order valence-corrected chi connectivity index (χ4v) is 3.58. The second-order valence-corrected chi connectivity index (χ2v) is 6.77. The van der Waals surface area contributed by atoms with Gasteiger partial charge in [0.05, 0.1) is 4.47 Å². The van der Waals surface area contributed by atoms with E-state index in [-0.39, 0.29) is 0 Å². The highest BCUT2D eigenvalue weighted by atomic mass is 79.9. The minimum atomic E-state index is 0.545. The van der Waals surface area contributed by atoms with E-state index in [4.69, 9.17) is 0 Å². The van der Waals surface area contributed by atoms with Crippen molar-refractivity contribution in [3.8, 4) is 0 Å². The van der Waals surface area contributed by atoms with Crippen molar-refractivity contribution in [3.05, 3.63) is 21.2 Å². The first kappa shape index (κ1) is 13.3. The molecule has 0 saturated heterocycles. The molecule has 3 unspecified atom stereocenters. The second-order valence-electron chi connectivity index (χ2n) is 5.00. The van der Waals surface area contributed by atoms with Gasteiger partial charge in [0.1, 0.15) is 5.82 Å². The van der Waals surface area contributed by atoms with Crippen LogP contribution >= 0.6 is 31.9 Å². The third-order valence-corrected chi connectivity index (χ3v) is 4.87. The SMILES string of the molecule is CC1CCCC(Nc2ncc(Br)cc2Br)C1C. The van der Waals surface area contributed by atoms with Crippen molar-refractivity contribution < 1.29 is 0 Å². The Morgan fingerprint density at radius 2 is 2.06 bits per heavy atom. The number of hydrogen-bond acceptors (Lipinski definition) is 2. The predicted octanol–water partition coefficient (Wildman–Crippen LogP) is 4.84. The smallest absolute Gasteiger partial charge is 0.140 e. The van der Waals surface area contributed by atoms with Gasteiger partial charge in [0.15, 0.2) is 0 Å². The molecule has 1 fully saturated rings. The zero-order valence-corrected chi connectivity index (χ0v) is 13.4. The van der Waals surface area contributed by atoms with Gasteiger partial charge in [0.2, 0.25) is 0 Å². The molecule has 1 aromatic heterocycles. The molecule has 2 rings (SSSR count).